The number of nitriles is 1. The Morgan fingerprint density at radius 1 is 1.24 bits per heavy atom. The lowest BCUT2D eigenvalue weighted by Gasteiger charge is -2.30. The summed E-state index contributed by atoms with van der Waals surface area (Å²) in [5.74, 6) is 0.546. The summed E-state index contributed by atoms with van der Waals surface area (Å²) in [6.07, 6.45) is 6.27. The van der Waals surface area contributed by atoms with Crippen molar-refractivity contribution in [3.8, 4) is 6.07 Å². The second-order valence-corrected chi connectivity index (χ2v) is 7.43. The number of aromatic nitrogens is 2. The zero-order valence-corrected chi connectivity index (χ0v) is 16.5. The van der Waals surface area contributed by atoms with Crippen molar-refractivity contribution in [3.05, 3.63) is 41.5 Å². The lowest BCUT2D eigenvalue weighted by Crippen LogP contribution is -2.45. The van der Waals surface area contributed by atoms with E-state index in [9.17, 15) is 9.59 Å². The van der Waals surface area contributed by atoms with E-state index in [2.05, 4.69) is 20.8 Å². The fourth-order valence-electron chi connectivity index (χ4n) is 3.73. The molecule has 1 fully saturated rings. The normalized spacial score (nSPS) is 15.7. The lowest BCUT2D eigenvalue weighted by atomic mass is 9.89. The lowest BCUT2D eigenvalue weighted by molar-refractivity contribution is -0.121. The minimum absolute atomic E-state index is 0.114. The van der Waals surface area contributed by atoms with Crippen LogP contribution in [0.5, 0.6) is 0 Å². The van der Waals surface area contributed by atoms with E-state index in [1.165, 1.54) is 6.92 Å². The number of hydrogen-bond acceptors (Lipinski definition) is 6. The standard InChI is InChI=1S/C21H25N5O3/c1-15(27)25-21(11-4-2-3-5-12-21)20-24-19(29-26-20)10-9-18(28)23-17-8-6-7-16(13-17)14-22/h6-8,13H,2-5,9-12H2,1H3,(H,23,28)(H,25,27). The Kier molecular flexibility index (Phi) is 6.60. The highest BCUT2D eigenvalue weighted by atomic mass is 16.5. The largest absolute Gasteiger partial charge is 0.343 e. The van der Waals surface area contributed by atoms with Crippen LogP contribution >= 0.6 is 0 Å². The van der Waals surface area contributed by atoms with Crippen molar-refractivity contribution in [3.63, 3.8) is 0 Å². The van der Waals surface area contributed by atoms with Gasteiger partial charge in [0.25, 0.3) is 0 Å². The molecule has 8 nitrogen and oxygen atoms in total. The Balaban J connectivity index is 1.63. The quantitative estimate of drug-likeness (QED) is 0.725. The van der Waals surface area contributed by atoms with Crippen LogP contribution in [0.4, 0.5) is 5.69 Å². The van der Waals surface area contributed by atoms with Crippen LogP contribution in [0.25, 0.3) is 0 Å². The van der Waals surface area contributed by atoms with Gasteiger partial charge in [-0.25, -0.2) is 0 Å². The molecule has 0 unspecified atom stereocenters. The van der Waals surface area contributed by atoms with Crippen LogP contribution in [0, 0.1) is 11.3 Å². The Bertz CT molecular complexity index is 907. The Morgan fingerprint density at radius 3 is 2.69 bits per heavy atom. The molecule has 2 amide bonds. The van der Waals surface area contributed by atoms with Gasteiger partial charge in [0, 0.05) is 25.5 Å². The van der Waals surface area contributed by atoms with Crippen molar-refractivity contribution in [2.75, 3.05) is 5.32 Å². The molecule has 2 aromatic rings. The molecular weight excluding hydrogens is 370 g/mol. The highest BCUT2D eigenvalue weighted by Gasteiger charge is 2.38. The Hall–Kier alpha value is -3.21. The fourth-order valence-corrected chi connectivity index (χ4v) is 3.73. The first-order valence-corrected chi connectivity index (χ1v) is 9.92. The van der Waals surface area contributed by atoms with E-state index < -0.39 is 5.54 Å². The van der Waals surface area contributed by atoms with Crippen LogP contribution in [0.2, 0.25) is 0 Å². The second-order valence-electron chi connectivity index (χ2n) is 7.43. The molecule has 1 heterocycles. The predicted octanol–water partition coefficient (Wildman–Crippen LogP) is 3.20. The van der Waals surface area contributed by atoms with Crippen molar-refractivity contribution >= 4 is 17.5 Å². The van der Waals surface area contributed by atoms with Crippen molar-refractivity contribution in [1.82, 2.24) is 15.5 Å². The van der Waals surface area contributed by atoms with Gasteiger partial charge in [-0.1, -0.05) is 36.9 Å². The molecule has 0 atom stereocenters. The van der Waals surface area contributed by atoms with Crippen LogP contribution < -0.4 is 10.6 Å². The number of aryl methyl sites for hydroxylation is 1. The molecule has 3 rings (SSSR count). The summed E-state index contributed by atoms with van der Waals surface area (Å²) in [7, 11) is 0. The van der Waals surface area contributed by atoms with Crippen LogP contribution in [-0.2, 0) is 21.5 Å². The van der Waals surface area contributed by atoms with Crippen molar-refractivity contribution in [2.45, 2.75) is 63.8 Å². The van der Waals surface area contributed by atoms with E-state index in [4.69, 9.17) is 9.78 Å². The molecule has 29 heavy (non-hydrogen) atoms. The number of amides is 2. The summed E-state index contributed by atoms with van der Waals surface area (Å²) >= 11 is 0. The number of nitrogens with zero attached hydrogens (tertiary/aromatic N) is 3. The first-order valence-electron chi connectivity index (χ1n) is 9.92. The first-order chi connectivity index (χ1) is 14.0. The third-order valence-electron chi connectivity index (χ3n) is 5.11. The SMILES string of the molecule is CC(=O)NC1(c2noc(CCC(=O)Nc3cccc(C#N)c3)n2)CCCCCC1. The summed E-state index contributed by atoms with van der Waals surface area (Å²) in [6, 6.07) is 8.77. The van der Waals surface area contributed by atoms with Crippen molar-refractivity contribution in [2.24, 2.45) is 0 Å². The van der Waals surface area contributed by atoms with E-state index >= 15 is 0 Å². The van der Waals surface area contributed by atoms with E-state index in [1.54, 1.807) is 24.3 Å². The molecule has 1 aromatic heterocycles. The maximum absolute atomic E-state index is 12.2. The van der Waals surface area contributed by atoms with Gasteiger partial charge in [0.05, 0.1) is 11.6 Å². The van der Waals surface area contributed by atoms with Gasteiger partial charge in [0.1, 0.15) is 5.54 Å². The average molecular weight is 395 g/mol. The van der Waals surface area contributed by atoms with Gasteiger partial charge in [0.15, 0.2) is 5.82 Å². The zero-order chi connectivity index (χ0) is 20.7. The number of nitrogens with one attached hydrogen (secondary N) is 2. The summed E-state index contributed by atoms with van der Waals surface area (Å²) < 4.78 is 5.37. The average Bonchev–Trinajstić information content (AvgIpc) is 3.06. The summed E-state index contributed by atoms with van der Waals surface area (Å²) in [5.41, 5.74) is 0.462. The molecule has 2 N–H and O–H groups in total. The Morgan fingerprint density at radius 2 is 2.00 bits per heavy atom. The van der Waals surface area contributed by atoms with Crippen LogP contribution in [0.15, 0.2) is 28.8 Å². The topological polar surface area (TPSA) is 121 Å². The third-order valence-corrected chi connectivity index (χ3v) is 5.11. The monoisotopic (exact) mass is 395 g/mol. The number of benzene rings is 1. The van der Waals surface area contributed by atoms with E-state index in [1.807, 2.05) is 6.07 Å². The molecule has 0 aliphatic heterocycles. The number of carbonyl (C=O) groups excluding carboxylic acids is 2. The molecular formula is C21H25N5O3. The van der Waals surface area contributed by atoms with Crippen LogP contribution in [-0.4, -0.2) is 22.0 Å². The highest BCUT2D eigenvalue weighted by Crippen LogP contribution is 2.34. The smallest absolute Gasteiger partial charge is 0.227 e. The van der Waals surface area contributed by atoms with E-state index in [0.29, 0.717) is 29.4 Å². The molecule has 0 saturated heterocycles. The van der Waals surface area contributed by atoms with Gasteiger partial charge in [0.2, 0.25) is 17.7 Å². The zero-order valence-electron chi connectivity index (χ0n) is 16.5. The first kappa shape index (κ1) is 20.5. The minimum atomic E-state index is -0.593. The second kappa shape index (κ2) is 9.32. The van der Waals surface area contributed by atoms with E-state index in [0.717, 1.165) is 38.5 Å². The molecule has 0 bridgehead atoms. The van der Waals surface area contributed by atoms with Crippen LogP contribution in [0.1, 0.15) is 69.1 Å². The van der Waals surface area contributed by atoms with Gasteiger partial charge in [-0.15, -0.1) is 0 Å². The summed E-state index contributed by atoms with van der Waals surface area (Å²) in [4.78, 5) is 28.5. The van der Waals surface area contributed by atoms with Gasteiger partial charge in [-0.2, -0.15) is 10.2 Å². The minimum Gasteiger partial charge on any atom is -0.343 e. The van der Waals surface area contributed by atoms with Crippen molar-refractivity contribution in [1.29, 1.82) is 5.26 Å². The number of rotatable bonds is 6. The maximum Gasteiger partial charge on any atom is 0.227 e. The van der Waals surface area contributed by atoms with Gasteiger partial charge < -0.3 is 15.2 Å². The number of anilines is 1. The van der Waals surface area contributed by atoms with Crippen LogP contribution in [0.3, 0.4) is 0 Å². The van der Waals surface area contributed by atoms with Crippen molar-refractivity contribution < 1.29 is 14.1 Å². The molecule has 152 valence electrons. The number of hydrogen-bond donors (Lipinski definition) is 2. The maximum atomic E-state index is 12.2. The number of carbonyl (C=O) groups is 2. The highest BCUT2D eigenvalue weighted by molar-refractivity contribution is 5.90. The van der Waals surface area contributed by atoms with Gasteiger partial charge >= 0.3 is 0 Å². The van der Waals surface area contributed by atoms with Gasteiger partial charge in [-0.05, 0) is 31.0 Å². The summed E-state index contributed by atoms with van der Waals surface area (Å²) in [6.45, 7) is 1.50. The molecule has 1 aliphatic carbocycles. The Labute approximate surface area is 169 Å². The molecule has 8 heteroatoms. The third kappa shape index (κ3) is 5.41. The summed E-state index contributed by atoms with van der Waals surface area (Å²) in [5, 5.41) is 18.9. The fraction of sp³-hybridized carbons (Fsp3) is 0.476. The van der Waals surface area contributed by atoms with E-state index in [-0.39, 0.29) is 18.2 Å². The molecule has 1 aromatic carbocycles. The molecule has 1 aliphatic rings. The predicted molar refractivity (Wildman–Crippen MR) is 106 cm³/mol. The molecule has 0 radical (unpaired) electrons. The molecule has 0 spiro atoms. The van der Waals surface area contributed by atoms with Gasteiger partial charge in [-0.3, -0.25) is 9.59 Å². The molecule has 1 saturated carbocycles.